The van der Waals surface area contributed by atoms with E-state index in [-0.39, 0.29) is 16.5 Å². The number of Topliss-reactive ketones (excluding diaryl/α,β-unsaturated/α-hetero) is 1. The van der Waals surface area contributed by atoms with Crippen LogP contribution in [0.3, 0.4) is 0 Å². The van der Waals surface area contributed by atoms with Crippen molar-refractivity contribution in [3.63, 3.8) is 0 Å². The normalized spacial score (nSPS) is 11.1. The SMILES string of the molecule is O=C(CBr)c1ccc2oc3cc(Br)ccc3c(=O)c2c1. The molecule has 0 saturated heterocycles. The molecule has 2 aromatic carbocycles. The van der Waals surface area contributed by atoms with E-state index in [2.05, 4.69) is 31.9 Å². The molecule has 3 aromatic rings. The average Bonchev–Trinajstić information content (AvgIpc) is 2.46. The Bertz CT molecular complexity index is 897. The van der Waals surface area contributed by atoms with Crippen LogP contribution in [-0.4, -0.2) is 11.1 Å². The van der Waals surface area contributed by atoms with Gasteiger partial charge in [0.2, 0.25) is 5.43 Å². The minimum Gasteiger partial charge on any atom is -0.456 e. The number of carbonyl (C=O) groups is 1. The van der Waals surface area contributed by atoms with Crippen molar-refractivity contribution in [2.45, 2.75) is 0 Å². The molecule has 0 aliphatic rings. The summed E-state index contributed by atoms with van der Waals surface area (Å²) in [7, 11) is 0. The van der Waals surface area contributed by atoms with E-state index < -0.39 is 0 Å². The fourth-order valence-electron chi connectivity index (χ4n) is 2.08. The van der Waals surface area contributed by atoms with Gasteiger partial charge in [-0.15, -0.1) is 0 Å². The Morgan fingerprint density at radius 3 is 2.60 bits per heavy atom. The van der Waals surface area contributed by atoms with Gasteiger partial charge in [0.05, 0.1) is 16.1 Å². The third-order valence-electron chi connectivity index (χ3n) is 3.08. The number of fused-ring (bicyclic) bond motifs is 2. The highest BCUT2D eigenvalue weighted by molar-refractivity contribution is 9.10. The first-order chi connectivity index (χ1) is 9.60. The van der Waals surface area contributed by atoms with Gasteiger partial charge in [0.15, 0.2) is 5.78 Å². The number of hydrogen-bond acceptors (Lipinski definition) is 3. The topological polar surface area (TPSA) is 47.3 Å². The maximum atomic E-state index is 12.5. The number of ketones is 1. The number of benzene rings is 2. The van der Waals surface area contributed by atoms with E-state index in [1.165, 1.54) is 0 Å². The zero-order valence-electron chi connectivity index (χ0n) is 10.2. The van der Waals surface area contributed by atoms with E-state index in [0.717, 1.165) is 4.47 Å². The molecule has 3 nitrogen and oxygen atoms in total. The Morgan fingerprint density at radius 1 is 1.05 bits per heavy atom. The van der Waals surface area contributed by atoms with E-state index in [0.29, 0.717) is 27.5 Å². The molecule has 0 aliphatic heterocycles. The summed E-state index contributed by atoms with van der Waals surface area (Å²) in [5, 5.41) is 1.15. The van der Waals surface area contributed by atoms with Gasteiger partial charge in [-0.05, 0) is 36.4 Å². The molecule has 100 valence electrons. The average molecular weight is 396 g/mol. The smallest absolute Gasteiger partial charge is 0.200 e. The van der Waals surface area contributed by atoms with Crippen LogP contribution in [0.2, 0.25) is 0 Å². The van der Waals surface area contributed by atoms with Crippen molar-refractivity contribution in [2.24, 2.45) is 0 Å². The molecule has 5 heteroatoms. The summed E-state index contributed by atoms with van der Waals surface area (Å²) in [6, 6.07) is 10.2. The second-order valence-electron chi connectivity index (χ2n) is 4.34. The lowest BCUT2D eigenvalue weighted by Gasteiger charge is -2.03. The fourth-order valence-corrected chi connectivity index (χ4v) is 2.74. The van der Waals surface area contributed by atoms with Crippen molar-refractivity contribution in [3.8, 4) is 0 Å². The van der Waals surface area contributed by atoms with E-state index in [4.69, 9.17) is 4.42 Å². The van der Waals surface area contributed by atoms with Gasteiger partial charge in [-0.25, -0.2) is 0 Å². The Balaban J connectivity index is 2.38. The van der Waals surface area contributed by atoms with Crippen molar-refractivity contribution >= 4 is 59.6 Å². The molecule has 1 aromatic heterocycles. The van der Waals surface area contributed by atoms with Gasteiger partial charge in [-0.2, -0.15) is 0 Å². The van der Waals surface area contributed by atoms with Gasteiger partial charge >= 0.3 is 0 Å². The number of alkyl halides is 1. The van der Waals surface area contributed by atoms with Crippen molar-refractivity contribution < 1.29 is 9.21 Å². The molecule has 0 atom stereocenters. The molecular formula is C15H8Br2O3. The van der Waals surface area contributed by atoms with Gasteiger partial charge in [-0.3, -0.25) is 9.59 Å². The highest BCUT2D eigenvalue weighted by Crippen LogP contribution is 2.22. The van der Waals surface area contributed by atoms with Gasteiger partial charge in [0.25, 0.3) is 0 Å². The second kappa shape index (κ2) is 5.14. The zero-order chi connectivity index (χ0) is 14.3. The van der Waals surface area contributed by atoms with Gasteiger partial charge < -0.3 is 4.42 Å². The van der Waals surface area contributed by atoms with Crippen LogP contribution in [-0.2, 0) is 0 Å². The van der Waals surface area contributed by atoms with E-state index in [9.17, 15) is 9.59 Å². The minimum atomic E-state index is -0.127. The lowest BCUT2D eigenvalue weighted by atomic mass is 10.1. The largest absolute Gasteiger partial charge is 0.456 e. The molecule has 3 rings (SSSR count). The molecule has 0 bridgehead atoms. The van der Waals surface area contributed by atoms with E-state index in [1.807, 2.05) is 0 Å². The van der Waals surface area contributed by atoms with Gasteiger partial charge in [0, 0.05) is 10.0 Å². The fraction of sp³-hybridized carbons (Fsp3) is 0.0667. The lowest BCUT2D eigenvalue weighted by molar-refractivity contribution is 0.102. The summed E-state index contributed by atoms with van der Waals surface area (Å²) in [5.74, 6) is -0.0674. The first kappa shape index (κ1) is 13.5. The Labute approximate surface area is 130 Å². The molecule has 0 amide bonds. The lowest BCUT2D eigenvalue weighted by Crippen LogP contribution is -2.05. The van der Waals surface area contributed by atoms with Crippen molar-refractivity contribution in [1.82, 2.24) is 0 Å². The monoisotopic (exact) mass is 394 g/mol. The molecule has 0 unspecified atom stereocenters. The minimum absolute atomic E-state index is 0.0674. The number of hydrogen-bond donors (Lipinski definition) is 0. The maximum absolute atomic E-state index is 12.5. The predicted octanol–water partition coefficient (Wildman–Crippen LogP) is 4.29. The van der Waals surface area contributed by atoms with Crippen LogP contribution in [0.15, 0.2) is 50.1 Å². The Morgan fingerprint density at radius 2 is 1.85 bits per heavy atom. The first-order valence-corrected chi connectivity index (χ1v) is 7.77. The van der Waals surface area contributed by atoms with Crippen LogP contribution in [0.25, 0.3) is 21.9 Å². The van der Waals surface area contributed by atoms with Crippen molar-refractivity contribution in [3.05, 3.63) is 56.7 Å². The molecule has 1 heterocycles. The summed E-state index contributed by atoms with van der Waals surface area (Å²) < 4.78 is 6.57. The molecule has 0 N–H and O–H groups in total. The Hall–Kier alpha value is -1.46. The van der Waals surface area contributed by atoms with Crippen LogP contribution in [0.5, 0.6) is 0 Å². The zero-order valence-corrected chi connectivity index (χ0v) is 13.3. The van der Waals surface area contributed by atoms with Crippen molar-refractivity contribution in [1.29, 1.82) is 0 Å². The van der Waals surface area contributed by atoms with Crippen LogP contribution < -0.4 is 5.43 Å². The van der Waals surface area contributed by atoms with Crippen LogP contribution >= 0.6 is 31.9 Å². The molecule has 0 saturated carbocycles. The quantitative estimate of drug-likeness (QED) is 0.369. The third kappa shape index (κ3) is 2.21. The first-order valence-electron chi connectivity index (χ1n) is 5.85. The van der Waals surface area contributed by atoms with Gasteiger partial charge in [0.1, 0.15) is 11.2 Å². The molecule has 0 aliphatic carbocycles. The summed E-state index contributed by atoms with van der Waals surface area (Å²) in [6.45, 7) is 0. The highest BCUT2D eigenvalue weighted by atomic mass is 79.9. The number of carbonyl (C=O) groups excluding carboxylic acids is 1. The van der Waals surface area contributed by atoms with Crippen LogP contribution in [0, 0.1) is 0 Å². The standard InChI is InChI=1S/C15H8Br2O3/c16-7-12(18)8-1-4-13-11(5-8)15(19)10-3-2-9(17)6-14(10)20-13/h1-6H,7H2. The van der Waals surface area contributed by atoms with Crippen molar-refractivity contribution in [2.75, 3.05) is 5.33 Å². The summed E-state index contributed by atoms with van der Waals surface area (Å²) >= 11 is 6.47. The van der Waals surface area contributed by atoms with Gasteiger partial charge in [-0.1, -0.05) is 31.9 Å². The summed E-state index contributed by atoms with van der Waals surface area (Å²) in [6.07, 6.45) is 0. The van der Waals surface area contributed by atoms with Crippen LogP contribution in [0.1, 0.15) is 10.4 Å². The summed E-state index contributed by atoms with van der Waals surface area (Å²) in [4.78, 5) is 24.2. The maximum Gasteiger partial charge on any atom is 0.200 e. The number of halogens is 2. The van der Waals surface area contributed by atoms with Crippen LogP contribution in [0.4, 0.5) is 0 Å². The predicted molar refractivity (Wildman–Crippen MR) is 85.8 cm³/mol. The van der Waals surface area contributed by atoms with E-state index in [1.54, 1.807) is 36.4 Å². The Kier molecular flexibility index (Phi) is 3.48. The highest BCUT2D eigenvalue weighted by Gasteiger charge is 2.11. The molecule has 20 heavy (non-hydrogen) atoms. The summed E-state index contributed by atoms with van der Waals surface area (Å²) in [5.41, 5.74) is 1.37. The molecule has 0 radical (unpaired) electrons. The molecule has 0 spiro atoms. The third-order valence-corrected chi connectivity index (χ3v) is 4.08. The number of rotatable bonds is 2. The molecular weight excluding hydrogens is 388 g/mol. The van der Waals surface area contributed by atoms with E-state index >= 15 is 0 Å². The second-order valence-corrected chi connectivity index (χ2v) is 5.82. The molecule has 0 fully saturated rings.